The minimum absolute atomic E-state index is 0.0263. The van der Waals surface area contributed by atoms with Crippen LogP contribution in [0.2, 0.25) is 0 Å². The van der Waals surface area contributed by atoms with Crippen molar-refractivity contribution in [2.75, 3.05) is 13.7 Å². The van der Waals surface area contributed by atoms with Crippen LogP contribution < -0.4 is 9.47 Å². The van der Waals surface area contributed by atoms with Crippen molar-refractivity contribution in [3.8, 4) is 17.2 Å². The standard InChI is InChI=1S/C24H23NO5.CH4O/c25-22(18-4-2-1-3-5-18)16-30-20-10-6-17(7-11-20)15-29-21-12-8-19(23(26)14-21)9-13-24(27)28;1-2/h1-8,10-12,14,25-26H,9,13,15-16H2,(H,27,28);2H,1H3. The number of hydrogen-bond donors (Lipinski definition) is 4. The SMILES string of the molecule is CO.N=C(COc1ccc(COc2ccc(CCC(=O)O)c(O)c2)cc1)c1ccccc1. The summed E-state index contributed by atoms with van der Waals surface area (Å²) in [5.41, 5.74) is 2.75. The van der Waals surface area contributed by atoms with Gasteiger partial charge < -0.3 is 30.2 Å². The van der Waals surface area contributed by atoms with Gasteiger partial charge in [-0.05, 0) is 41.3 Å². The zero-order valence-corrected chi connectivity index (χ0v) is 17.8. The normalized spacial score (nSPS) is 9.94. The van der Waals surface area contributed by atoms with E-state index in [9.17, 15) is 9.90 Å². The molecule has 0 atom stereocenters. The first-order valence-electron chi connectivity index (χ1n) is 9.97. The Morgan fingerprint density at radius 3 is 2.19 bits per heavy atom. The van der Waals surface area contributed by atoms with E-state index >= 15 is 0 Å². The summed E-state index contributed by atoms with van der Waals surface area (Å²) in [7, 11) is 1.00. The average molecular weight is 437 g/mol. The number of aryl methyl sites for hydroxylation is 1. The van der Waals surface area contributed by atoms with E-state index in [1.54, 1.807) is 12.1 Å². The van der Waals surface area contributed by atoms with Gasteiger partial charge in [-0.25, -0.2) is 0 Å². The fourth-order valence-corrected chi connectivity index (χ4v) is 2.81. The summed E-state index contributed by atoms with van der Waals surface area (Å²) in [6.07, 6.45) is 0.234. The van der Waals surface area contributed by atoms with Gasteiger partial charge in [0.15, 0.2) is 0 Å². The molecule has 0 aliphatic rings. The molecule has 3 aromatic rings. The third-order valence-electron chi connectivity index (χ3n) is 4.50. The van der Waals surface area contributed by atoms with Crippen molar-refractivity contribution in [1.82, 2.24) is 0 Å². The molecule has 3 aromatic carbocycles. The molecule has 0 saturated heterocycles. The lowest BCUT2D eigenvalue weighted by atomic mass is 10.1. The number of carboxylic acid groups (broad SMARTS) is 1. The second kappa shape index (κ2) is 12.8. The van der Waals surface area contributed by atoms with E-state index in [4.69, 9.17) is 25.1 Å². The topological polar surface area (TPSA) is 120 Å². The molecule has 4 N–H and O–H groups in total. The molecule has 3 rings (SSSR count). The minimum atomic E-state index is -0.904. The first kappa shape index (κ1) is 24.4. The molecule has 0 aliphatic carbocycles. The first-order chi connectivity index (χ1) is 15.5. The number of aliphatic hydroxyl groups is 1. The Morgan fingerprint density at radius 2 is 1.56 bits per heavy atom. The third-order valence-corrected chi connectivity index (χ3v) is 4.50. The van der Waals surface area contributed by atoms with Crippen molar-refractivity contribution in [3.63, 3.8) is 0 Å². The summed E-state index contributed by atoms with van der Waals surface area (Å²) in [4.78, 5) is 10.6. The highest BCUT2D eigenvalue weighted by atomic mass is 16.5. The van der Waals surface area contributed by atoms with E-state index in [0.717, 1.165) is 18.2 Å². The highest BCUT2D eigenvalue weighted by molar-refractivity contribution is 5.99. The number of aromatic hydroxyl groups is 1. The molecular weight excluding hydrogens is 410 g/mol. The summed E-state index contributed by atoms with van der Waals surface area (Å²) in [5, 5.41) is 33.8. The summed E-state index contributed by atoms with van der Waals surface area (Å²) < 4.78 is 11.4. The molecule has 0 aromatic heterocycles. The number of aliphatic carboxylic acids is 1. The van der Waals surface area contributed by atoms with E-state index in [0.29, 0.717) is 29.4 Å². The van der Waals surface area contributed by atoms with Crippen LogP contribution in [0.4, 0.5) is 0 Å². The van der Waals surface area contributed by atoms with Gasteiger partial charge in [0.25, 0.3) is 0 Å². The summed E-state index contributed by atoms with van der Waals surface area (Å²) in [5.74, 6) is 0.292. The number of carbonyl (C=O) groups is 1. The number of hydrogen-bond acceptors (Lipinski definition) is 6. The Bertz CT molecular complexity index is 1000. The van der Waals surface area contributed by atoms with Gasteiger partial charge in [-0.3, -0.25) is 4.79 Å². The lowest BCUT2D eigenvalue weighted by Gasteiger charge is -2.10. The monoisotopic (exact) mass is 437 g/mol. The van der Waals surface area contributed by atoms with Crippen molar-refractivity contribution in [1.29, 1.82) is 5.41 Å². The molecule has 7 nitrogen and oxygen atoms in total. The number of phenolic OH excluding ortho intramolecular Hbond substituents is 1. The van der Waals surface area contributed by atoms with Crippen LogP contribution in [-0.4, -0.2) is 40.7 Å². The van der Waals surface area contributed by atoms with Crippen LogP contribution in [0.1, 0.15) is 23.1 Å². The number of rotatable bonds is 10. The Hall–Kier alpha value is -3.84. The van der Waals surface area contributed by atoms with Gasteiger partial charge in [0.1, 0.15) is 30.5 Å². The van der Waals surface area contributed by atoms with E-state index in [1.165, 1.54) is 6.07 Å². The number of nitrogens with one attached hydrogen (secondary N) is 1. The van der Waals surface area contributed by atoms with Crippen molar-refractivity contribution >= 4 is 11.7 Å². The lowest BCUT2D eigenvalue weighted by molar-refractivity contribution is -0.136. The molecule has 0 fully saturated rings. The fourth-order valence-electron chi connectivity index (χ4n) is 2.81. The molecule has 32 heavy (non-hydrogen) atoms. The molecule has 0 radical (unpaired) electrons. The molecular formula is C25H27NO6. The first-order valence-corrected chi connectivity index (χ1v) is 9.97. The molecule has 0 bridgehead atoms. The van der Waals surface area contributed by atoms with Crippen LogP contribution in [-0.2, 0) is 17.8 Å². The van der Waals surface area contributed by atoms with E-state index in [1.807, 2.05) is 54.6 Å². The second-order valence-electron chi connectivity index (χ2n) is 6.75. The van der Waals surface area contributed by atoms with Crippen molar-refractivity contribution in [3.05, 3.63) is 89.5 Å². The van der Waals surface area contributed by atoms with Crippen molar-refractivity contribution < 1.29 is 29.6 Å². The quantitative estimate of drug-likeness (QED) is 0.355. The summed E-state index contributed by atoms with van der Waals surface area (Å²) in [6, 6.07) is 21.7. The Kier molecular flexibility index (Phi) is 9.74. The molecule has 0 unspecified atom stereocenters. The van der Waals surface area contributed by atoms with Crippen molar-refractivity contribution in [2.45, 2.75) is 19.4 Å². The van der Waals surface area contributed by atoms with Crippen LogP contribution in [0, 0.1) is 5.41 Å². The third kappa shape index (κ3) is 7.77. The Balaban J connectivity index is 0.00000176. The number of carboxylic acids is 1. The highest BCUT2D eigenvalue weighted by Gasteiger charge is 2.07. The van der Waals surface area contributed by atoms with Crippen LogP contribution in [0.5, 0.6) is 17.2 Å². The van der Waals surface area contributed by atoms with Gasteiger partial charge in [0.05, 0.1) is 5.71 Å². The molecule has 0 amide bonds. The Labute approximate surface area is 187 Å². The molecule has 0 spiro atoms. The van der Waals surface area contributed by atoms with Crippen LogP contribution in [0.25, 0.3) is 0 Å². The van der Waals surface area contributed by atoms with E-state index in [-0.39, 0.29) is 25.2 Å². The van der Waals surface area contributed by atoms with Gasteiger partial charge in [-0.2, -0.15) is 0 Å². The fraction of sp³-hybridized carbons (Fsp3) is 0.200. The maximum atomic E-state index is 10.6. The highest BCUT2D eigenvalue weighted by Crippen LogP contribution is 2.25. The van der Waals surface area contributed by atoms with Gasteiger partial charge >= 0.3 is 5.97 Å². The number of phenols is 1. The molecule has 0 heterocycles. The molecule has 7 heteroatoms. The predicted octanol–water partition coefficient (Wildman–Crippen LogP) is 4.04. The van der Waals surface area contributed by atoms with Gasteiger partial charge in [0.2, 0.25) is 0 Å². The van der Waals surface area contributed by atoms with Gasteiger partial charge in [0, 0.05) is 19.6 Å². The minimum Gasteiger partial charge on any atom is -0.508 e. The molecule has 0 saturated carbocycles. The maximum Gasteiger partial charge on any atom is 0.303 e. The van der Waals surface area contributed by atoms with Crippen LogP contribution in [0.3, 0.4) is 0 Å². The van der Waals surface area contributed by atoms with Gasteiger partial charge in [-0.15, -0.1) is 0 Å². The van der Waals surface area contributed by atoms with Crippen molar-refractivity contribution in [2.24, 2.45) is 0 Å². The number of ether oxygens (including phenoxy) is 2. The smallest absolute Gasteiger partial charge is 0.303 e. The number of benzene rings is 3. The Morgan fingerprint density at radius 1 is 0.906 bits per heavy atom. The predicted molar refractivity (Wildman–Crippen MR) is 122 cm³/mol. The van der Waals surface area contributed by atoms with E-state index in [2.05, 4.69) is 0 Å². The lowest BCUT2D eigenvalue weighted by Crippen LogP contribution is -2.11. The van der Waals surface area contributed by atoms with Crippen LogP contribution >= 0.6 is 0 Å². The van der Waals surface area contributed by atoms with E-state index < -0.39 is 5.97 Å². The largest absolute Gasteiger partial charge is 0.508 e. The summed E-state index contributed by atoms with van der Waals surface area (Å²) in [6.45, 7) is 0.501. The zero-order chi connectivity index (χ0) is 23.3. The maximum absolute atomic E-state index is 10.6. The molecule has 0 aliphatic heterocycles. The molecule has 168 valence electrons. The average Bonchev–Trinajstić information content (AvgIpc) is 2.83. The van der Waals surface area contributed by atoms with Gasteiger partial charge in [-0.1, -0.05) is 48.5 Å². The second-order valence-corrected chi connectivity index (χ2v) is 6.75. The zero-order valence-electron chi connectivity index (χ0n) is 17.8. The summed E-state index contributed by atoms with van der Waals surface area (Å²) >= 11 is 0. The number of aliphatic hydroxyl groups excluding tert-OH is 1. The van der Waals surface area contributed by atoms with Crippen LogP contribution in [0.15, 0.2) is 72.8 Å².